The molecule has 3 heterocycles. The quantitative estimate of drug-likeness (QED) is 0.695. The molecule has 0 radical (unpaired) electrons. The normalized spacial score (nSPS) is 15.4. The third-order valence-corrected chi connectivity index (χ3v) is 5.05. The van der Waals surface area contributed by atoms with Crippen LogP contribution >= 0.6 is 0 Å². The van der Waals surface area contributed by atoms with Gasteiger partial charge in [-0.1, -0.05) is 17.3 Å². The number of para-hydroxylation sites is 2. The number of amides is 1. The monoisotopic (exact) mass is 367 g/mol. The molecule has 1 amide bonds. The van der Waals surface area contributed by atoms with Crippen molar-refractivity contribution >= 4 is 16.9 Å². The molecule has 0 unspecified atom stereocenters. The average molecular weight is 367 g/mol. The van der Waals surface area contributed by atoms with Crippen molar-refractivity contribution < 1.29 is 9.32 Å². The van der Waals surface area contributed by atoms with E-state index in [1.807, 2.05) is 29.2 Å². The molecule has 140 valence electrons. The average Bonchev–Trinajstić information content (AvgIpc) is 3.09. The number of aryl methyl sites for hydroxylation is 1. The van der Waals surface area contributed by atoms with Crippen molar-refractivity contribution in [2.24, 2.45) is 5.92 Å². The lowest BCUT2D eigenvalue weighted by Gasteiger charge is -2.31. The number of carbonyl (C=O) groups is 1. The summed E-state index contributed by atoms with van der Waals surface area (Å²) in [7, 11) is 0. The third kappa shape index (κ3) is 3.74. The summed E-state index contributed by atoms with van der Waals surface area (Å²) < 4.78 is 6.51. The molecule has 27 heavy (non-hydrogen) atoms. The first-order chi connectivity index (χ1) is 13.1. The third-order valence-electron chi connectivity index (χ3n) is 5.05. The van der Waals surface area contributed by atoms with Crippen LogP contribution in [0.15, 0.2) is 39.8 Å². The predicted octanol–water partition coefficient (Wildman–Crippen LogP) is 1.57. The maximum Gasteiger partial charge on any atom is 0.269 e. The first kappa shape index (κ1) is 17.4. The Hall–Kier alpha value is -3.03. The molecule has 4 rings (SSSR count). The van der Waals surface area contributed by atoms with Crippen molar-refractivity contribution in [2.45, 2.75) is 32.7 Å². The number of fused-ring (bicyclic) bond motifs is 1. The van der Waals surface area contributed by atoms with Gasteiger partial charge >= 0.3 is 0 Å². The zero-order chi connectivity index (χ0) is 18.8. The molecular formula is C19H21N5O3. The Balaban J connectivity index is 1.40. The first-order valence-corrected chi connectivity index (χ1v) is 9.11. The molecule has 0 aliphatic carbocycles. The van der Waals surface area contributed by atoms with Crippen molar-refractivity contribution in [2.75, 3.05) is 13.1 Å². The van der Waals surface area contributed by atoms with E-state index in [1.165, 1.54) is 10.8 Å². The fourth-order valence-electron chi connectivity index (χ4n) is 3.58. The molecule has 0 N–H and O–H groups in total. The number of hydrogen-bond acceptors (Lipinski definition) is 6. The summed E-state index contributed by atoms with van der Waals surface area (Å²) in [5, 5.41) is 3.95. The van der Waals surface area contributed by atoms with Crippen LogP contribution in [0.3, 0.4) is 0 Å². The zero-order valence-electron chi connectivity index (χ0n) is 15.2. The molecule has 1 fully saturated rings. The Morgan fingerprint density at radius 2 is 2.04 bits per heavy atom. The summed E-state index contributed by atoms with van der Waals surface area (Å²) >= 11 is 0. The van der Waals surface area contributed by atoms with Crippen molar-refractivity contribution in [1.29, 1.82) is 0 Å². The van der Waals surface area contributed by atoms with Gasteiger partial charge in [-0.15, -0.1) is 0 Å². The number of hydrogen-bond donors (Lipinski definition) is 0. The van der Waals surface area contributed by atoms with Gasteiger partial charge in [-0.25, -0.2) is 4.98 Å². The molecule has 0 bridgehead atoms. The number of likely N-dealkylation sites (tertiary alicyclic amines) is 1. The molecular weight excluding hydrogens is 346 g/mol. The van der Waals surface area contributed by atoms with Gasteiger partial charge in [0.05, 0.1) is 17.2 Å². The van der Waals surface area contributed by atoms with E-state index in [2.05, 4.69) is 15.1 Å². The summed E-state index contributed by atoms with van der Waals surface area (Å²) in [5.74, 6) is 1.71. The molecule has 0 saturated carbocycles. The van der Waals surface area contributed by atoms with Crippen LogP contribution in [0.5, 0.6) is 0 Å². The number of carbonyl (C=O) groups excluding carboxylic acids is 1. The summed E-state index contributed by atoms with van der Waals surface area (Å²) in [6.07, 6.45) is 3.83. The van der Waals surface area contributed by atoms with Gasteiger partial charge in [0.25, 0.3) is 5.56 Å². The topological polar surface area (TPSA) is 94.1 Å². The van der Waals surface area contributed by atoms with E-state index in [-0.39, 0.29) is 18.0 Å². The second-order valence-corrected chi connectivity index (χ2v) is 6.93. The van der Waals surface area contributed by atoms with Crippen LogP contribution in [-0.4, -0.2) is 43.6 Å². The maximum atomic E-state index is 12.7. The number of piperidine rings is 1. The van der Waals surface area contributed by atoms with Crippen molar-refractivity contribution in [3.8, 4) is 0 Å². The Morgan fingerprint density at radius 1 is 1.26 bits per heavy atom. The summed E-state index contributed by atoms with van der Waals surface area (Å²) in [6.45, 7) is 3.18. The van der Waals surface area contributed by atoms with Gasteiger partial charge in [-0.05, 0) is 30.9 Å². The van der Waals surface area contributed by atoms with Crippen molar-refractivity contribution in [1.82, 2.24) is 24.6 Å². The Kier molecular flexibility index (Phi) is 4.70. The second-order valence-electron chi connectivity index (χ2n) is 6.93. The molecule has 0 spiro atoms. The van der Waals surface area contributed by atoms with Gasteiger partial charge in [-0.2, -0.15) is 4.98 Å². The minimum atomic E-state index is -0.260. The first-order valence-electron chi connectivity index (χ1n) is 9.11. The van der Waals surface area contributed by atoms with E-state index in [9.17, 15) is 9.59 Å². The zero-order valence-corrected chi connectivity index (χ0v) is 15.2. The highest BCUT2D eigenvalue weighted by atomic mass is 16.5. The van der Waals surface area contributed by atoms with Gasteiger partial charge in [0.1, 0.15) is 6.54 Å². The van der Waals surface area contributed by atoms with Crippen LogP contribution in [0.2, 0.25) is 0 Å². The fourth-order valence-corrected chi connectivity index (χ4v) is 3.58. The summed E-state index contributed by atoms with van der Waals surface area (Å²) in [4.78, 5) is 35.2. The number of benzene rings is 1. The highest BCUT2D eigenvalue weighted by Gasteiger charge is 2.24. The van der Waals surface area contributed by atoms with Crippen molar-refractivity contribution in [3.63, 3.8) is 0 Å². The van der Waals surface area contributed by atoms with Gasteiger partial charge in [0.2, 0.25) is 11.8 Å². The molecule has 3 aromatic rings. The van der Waals surface area contributed by atoms with Crippen LogP contribution in [0.25, 0.3) is 11.0 Å². The lowest BCUT2D eigenvalue weighted by molar-refractivity contribution is -0.133. The smallest absolute Gasteiger partial charge is 0.269 e. The highest BCUT2D eigenvalue weighted by Crippen LogP contribution is 2.21. The summed E-state index contributed by atoms with van der Waals surface area (Å²) in [5.41, 5.74) is 1.13. The molecule has 1 aromatic carbocycles. The lowest BCUT2D eigenvalue weighted by atomic mass is 9.93. The molecule has 8 nitrogen and oxygen atoms in total. The van der Waals surface area contributed by atoms with Crippen LogP contribution in [0.4, 0.5) is 0 Å². The molecule has 0 atom stereocenters. The minimum absolute atomic E-state index is 0.0383. The van der Waals surface area contributed by atoms with E-state index in [1.54, 1.807) is 6.92 Å². The molecule has 1 aliphatic heterocycles. The molecule has 2 aromatic heterocycles. The molecule has 1 saturated heterocycles. The number of rotatable bonds is 4. The number of aromatic nitrogens is 4. The van der Waals surface area contributed by atoms with E-state index >= 15 is 0 Å². The second kappa shape index (κ2) is 7.30. The largest absolute Gasteiger partial charge is 0.341 e. The highest BCUT2D eigenvalue weighted by molar-refractivity contribution is 5.80. The van der Waals surface area contributed by atoms with Crippen LogP contribution in [0.1, 0.15) is 24.6 Å². The van der Waals surface area contributed by atoms with Gasteiger partial charge in [0, 0.05) is 26.4 Å². The summed E-state index contributed by atoms with van der Waals surface area (Å²) in [6, 6.07) is 7.36. The minimum Gasteiger partial charge on any atom is -0.341 e. The SMILES string of the molecule is Cc1nc(CC2CCN(C(=O)Cn3c(=O)cnc4ccccc43)CC2)no1. The molecule has 8 heteroatoms. The Morgan fingerprint density at radius 3 is 2.78 bits per heavy atom. The lowest BCUT2D eigenvalue weighted by Crippen LogP contribution is -2.42. The Bertz CT molecular complexity index is 1020. The van der Waals surface area contributed by atoms with Crippen LogP contribution in [-0.2, 0) is 17.8 Å². The van der Waals surface area contributed by atoms with E-state index in [4.69, 9.17) is 4.52 Å². The molecule has 1 aliphatic rings. The fraction of sp³-hybridized carbons (Fsp3) is 0.421. The number of nitrogens with zero attached hydrogens (tertiary/aromatic N) is 5. The van der Waals surface area contributed by atoms with E-state index in [0.717, 1.165) is 25.1 Å². The maximum absolute atomic E-state index is 12.7. The van der Waals surface area contributed by atoms with Crippen molar-refractivity contribution in [3.05, 3.63) is 52.5 Å². The van der Waals surface area contributed by atoms with Gasteiger partial charge in [-0.3, -0.25) is 14.2 Å². The predicted molar refractivity (Wildman–Crippen MR) is 98.0 cm³/mol. The van der Waals surface area contributed by atoms with Crippen LogP contribution < -0.4 is 5.56 Å². The van der Waals surface area contributed by atoms with Crippen LogP contribution in [0, 0.1) is 12.8 Å². The Labute approximate surface area is 155 Å². The van der Waals surface area contributed by atoms with Gasteiger partial charge in [0.15, 0.2) is 5.82 Å². The van der Waals surface area contributed by atoms with Gasteiger partial charge < -0.3 is 9.42 Å². The van der Waals surface area contributed by atoms with E-state index in [0.29, 0.717) is 35.9 Å². The standard InChI is InChI=1S/C19H21N5O3/c1-13-21-17(22-27-13)10-14-6-8-23(9-7-14)19(26)12-24-16-5-3-2-4-15(16)20-11-18(24)25/h2-5,11,14H,6-10,12H2,1H3. The van der Waals surface area contributed by atoms with E-state index < -0.39 is 0 Å².